The molecule has 0 unspecified atom stereocenters. The fourth-order valence-corrected chi connectivity index (χ4v) is 4.19. The molecule has 1 aliphatic carbocycles. The molecule has 0 heterocycles. The van der Waals surface area contributed by atoms with Crippen LogP contribution in [0.3, 0.4) is 0 Å². The van der Waals surface area contributed by atoms with E-state index >= 15 is 4.39 Å². The van der Waals surface area contributed by atoms with Crippen LogP contribution in [0, 0.1) is 17.5 Å². The minimum atomic E-state index is -5.07. The number of hydrogen-bond acceptors (Lipinski definition) is 1. The van der Waals surface area contributed by atoms with Gasteiger partial charge in [-0.05, 0) is 77.3 Å². The first-order chi connectivity index (χ1) is 15.2. The topological polar surface area (TPSA) is 9.23 Å². The van der Waals surface area contributed by atoms with Crippen molar-refractivity contribution in [1.82, 2.24) is 0 Å². The van der Waals surface area contributed by atoms with E-state index in [1.165, 1.54) is 11.6 Å². The van der Waals surface area contributed by atoms with Gasteiger partial charge < -0.3 is 4.74 Å². The lowest BCUT2D eigenvalue weighted by Gasteiger charge is -2.23. The van der Waals surface area contributed by atoms with E-state index in [4.69, 9.17) is 0 Å². The molecule has 0 N–H and O–H groups in total. The van der Waals surface area contributed by atoms with Gasteiger partial charge in [-0.3, -0.25) is 0 Å². The van der Waals surface area contributed by atoms with Crippen molar-refractivity contribution in [2.24, 2.45) is 0 Å². The van der Waals surface area contributed by atoms with E-state index in [9.17, 15) is 22.0 Å². The lowest BCUT2D eigenvalue weighted by molar-refractivity contribution is -0.275. The van der Waals surface area contributed by atoms with Crippen molar-refractivity contribution in [3.8, 4) is 28.0 Å². The Balaban J connectivity index is 1.74. The summed E-state index contributed by atoms with van der Waals surface area (Å²) in [6.45, 7) is 2.11. The second-order valence-electron chi connectivity index (χ2n) is 7.86. The Morgan fingerprint density at radius 3 is 2.34 bits per heavy atom. The van der Waals surface area contributed by atoms with Crippen molar-refractivity contribution < 1.29 is 31.1 Å². The molecule has 3 aromatic rings. The molecule has 0 aliphatic heterocycles. The summed E-state index contributed by atoms with van der Waals surface area (Å²) in [7, 11) is 0. The van der Waals surface area contributed by atoms with Gasteiger partial charge >= 0.3 is 6.36 Å². The van der Waals surface area contributed by atoms with Crippen LogP contribution in [-0.2, 0) is 19.3 Å². The number of hydrogen-bond donors (Lipinski definition) is 0. The fraction of sp³-hybridized carbons (Fsp3) is 0.280. The Kier molecular flexibility index (Phi) is 5.93. The van der Waals surface area contributed by atoms with Crippen LogP contribution in [0.1, 0.15) is 36.5 Å². The molecule has 7 heteroatoms. The van der Waals surface area contributed by atoms with Crippen molar-refractivity contribution in [3.05, 3.63) is 76.6 Å². The van der Waals surface area contributed by atoms with Gasteiger partial charge in [-0.2, -0.15) is 0 Å². The summed E-state index contributed by atoms with van der Waals surface area (Å²) < 4.78 is 85.2. The highest BCUT2D eigenvalue weighted by Crippen LogP contribution is 2.41. The van der Waals surface area contributed by atoms with E-state index in [1.54, 1.807) is 0 Å². The van der Waals surface area contributed by atoms with Crippen molar-refractivity contribution in [2.75, 3.05) is 0 Å². The van der Waals surface area contributed by atoms with E-state index in [2.05, 4.69) is 17.7 Å². The summed E-state index contributed by atoms with van der Waals surface area (Å²) in [5.41, 5.74) is 3.06. The SMILES string of the molecule is CCCCc1ccc2c(c1)CCc1c-2cc(F)c(-c2ccc(OC(F)(F)F)c(F)c2)c1F. The summed E-state index contributed by atoms with van der Waals surface area (Å²) in [5, 5.41) is 0. The molecule has 3 aromatic carbocycles. The second-order valence-corrected chi connectivity index (χ2v) is 7.86. The smallest absolute Gasteiger partial charge is 0.403 e. The van der Waals surface area contributed by atoms with E-state index < -0.39 is 35.1 Å². The van der Waals surface area contributed by atoms with Gasteiger partial charge in [0.2, 0.25) is 0 Å². The molecule has 0 radical (unpaired) electrons. The Morgan fingerprint density at radius 2 is 1.66 bits per heavy atom. The molecule has 0 aromatic heterocycles. The zero-order chi connectivity index (χ0) is 23.0. The molecule has 4 rings (SSSR count). The summed E-state index contributed by atoms with van der Waals surface area (Å²) >= 11 is 0. The van der Waals surface area contributed by atoms with E-state index in [0.29, 0.717) is 36.1 Å². The minimum absolute atomic E-state index is 0.199. The largest absolute Gasteiger partial charge is 0.573 e. The first-order valence-electron chi connectivity index (χ1n) is 10.4. The average molecular weight is 450 g/mol. The summed E-state index contributed by atoms with van der Waals surface area (Å²) in [6, 6.07) is 9.49. The Hall–Kier alpha value is -2.96. The van der Waals surface area contributed by atoms with Crippen molar-refractivity contribution >= 4 is 0 Å². The molecule has 0 bridgehead atoms. The number of unbranched alkanes of at least 4 members (excludes halogenated alkanes) is 1. The van der Waals surface area contributed by atoms with E-state index in [0.717, 1.165) is 36.5 Å². The first kappa shape index (κ1) is 22.2. The summed E-state index contributed by atoms with van der Waals surface area (Å²) in [5.74, 6) is -4.16. The number of rotatable bonds is 5. The third-order valence-corrected chi connectivity index (χ3v) is 5.69. The monoisotopic (exact) mass is 450 g/mol. The van der Waals surface area contributed by atoms with Gasteiger partial charge in [0.1, 0.15) is 11.6 Å². The highest BCUT2D eigenvalue weighted by atomic mass is 19.4. The Morgan fingerprint density at radius 1 is 0.875 bits per heavy atom. The predicted octanol–water partition coefficient (Wildman–Crippen LogP) is 7.78. The average Bonchev–Trinajstić information content (AvgIpc) is 2.73. The predicted molar refractivity (Wildman–Crippen MR) is 110 cm³/mol. The zero-order valence-corrected chi connectivity index (χ0v) is 17.3. The molecular formula is C25H20F6O. The third-order valence-electron chi connectivity index (χ3n) is 5.69. The molecule has 0 fully saturated rings. The van der Waals surface area contributed by atoms with Crippen molar-refractivity contribution in [3.63, 3.8) is 0 Å². The number of ether oxygens (including phenoxy) is 1. The number of fused-ring (bicyclic) bond motifs is 3. The number of halogens is 6. The molecule has 1 nitrogen and oxygen atoms in total. The van der Waals surface area contributed by atoms with Crippen LogP contribution in [0.4, 0.5) is 26.3 Å². The van der Waals surface area contributed by atoms with Crippen molar-refractivity contribution in [2.45, 2.75) is 45.4 Å². The molecule has 32 heavy (non-hydrogen) atoms. The van der Waals surface area contributed by atoms with Gasteiger partial charge in [-0.1, -0.05) is 37.6 Å². The van der Waals surface area contributed by atoms with Crippen LogP contribution >= 0.6 is 0 Å². The second kappa shape index (κ2) is 8.52. The molecule has 0 atom stereocenters. The van der Waals surface area contributed by atoms with E-state index in [-0.39, 0.29) is 5.56 Å². The van der Waals surface area contributed by atoms with Crippen LogP contribution in [0.2, 0.25) is 0 Å². The van der Waals surface area contributed by atoms with Crippen LogP contribution < -0.4 is 4.74 Å². The molecule has 0 spiro atoms. The first-order valence-corrected chi connectivity index (χ1v) is 10.4. The van der Waals surface area contributed by atoms with Gasteiger partial charge in [0, 0.05) is 0 Å². The lowest BCUT2D eigenvalue weighted by atomic mass is 9.82. The quantitative estimate of drug-likeness (QED) is 0.361. The van der Waals surface area contributed by atoms with Crippen LogP contribution in [-0.4, -0.2) is 6.36 Å². The molecule has 1 aliphatic rings. The molecule has 168 valence electrons. The van der Waals surface area contributed by atoms with Gasteiger partial charge in [-0.25, -0.2) is 13.2 Å². The van der Waals surface area contributed by atoms with Gasteiger partial charge in [0.05, 0.1) is 5.56 Å². The summed E-state index contributed by atoms with van der Waals surface area (Å²) in [6.07, 6.45) is -1.08. The Bertz CT molecular complexity index is 1170. The van der Waals surface area contributed by atoms with Gasteiger partial charge in [0.15, 0.2) is 11.6 Å². The summed E-state index contributed by atoms with van der Waals surface area (Å²) in [4.78, 5) is 0. The zero-order valence-electron chi connectivity index (χ0n) is 17.3. The van der Waals surface area contributed by atoms with E-state index in [1.807, 2.05) is 12.1 Å². The standard InChI is InChI=1S/C25H20F6O/c1-2-3-4-14-5-8-17-15(11-14)6-9-18-19(17)13-21(27)23(24(18)28)16-7-10-22(20(26)12-16)32-25(29,30)31/h5,7-8,10-13H,2-4,6,9H2,1H3. The van der Waals surface area contributed by atoms with Crippen LogP contribution in [0.25, 0.3) is 22.3 Å². The minimum Gasteiger partial charge on any atom is -0.403 e. The third kappa shape index (κ3) is 4.33. The van der Waals surface area contributed by atoms with Gasteiger partial charge in [0.25, 0.3) is 0 Å². The maximum absolute atomic E-state index is 15.4. The number of aryl methyl sites for hydroxylation is 2. The molecular weight excluding hydrogens is 430 g/mol. The molecule has 0 saturated carbocycles. The Labute approximate surface area is 181 Å². The maximum Gasteiger partial charge on any atom is 0.573 e. The van der Waals surface area contributed by atoms with Crippen molar-refractivity contribution in [1.29, 1.82) is 0 Å². The lowest BCUT2D eigenvalue weighted by Crippen LogP contribution is -2.18. The maximum atomic E-state index is 15.4. The normalized spacial score (nSPS) is 13.0. The highest BCUT2D eigenvalue weighted by molar-refractivity contribution is 5.78. The highest BCUT2D eigenvalue weighted by Gasteiger charge is 2.33. The fourth-order valence-electron chi connectivity index (χ4n) is 4.19. The van der Waals surface area contributed by atoms with Crippen LogP contribution in [0.15, 0.2) is 42.5 Å². The molecule has 0 amide bonds. The number of alkyl halides is 3. The number of benzene rings is 3. The van der Waals surface area contributed by atoms with Gasteiger partial charge in [-0.15, -0.1) is 13.2 Å². The van der Waals surface area contributed by atoms with Crippen LogP contribution in [0.5, 0.6) is 5.75 Å². The molecule has 0 saturated heterocycles.